The number of rotatable bonds is 3. The molecule has 7 heteroatoms. The highest BCUT2D eigenvalue weighted by Gasteiger charge is 2.14. The molecule has 0 unspecified atom stereocenters. The molecule has 0 N–H and O–H groups in total. The summed E-state index contributed by atoms with van der Waals surface area (Å²) in [6, 6.07) is 9.73. The van der Waals surface area contributed by atoms with E-state index in [1.54, 1.807) is 18.2 Å². The predicted molar refractivity (Wildman–Crippen MR) is 78.4 cm³/mol. The van der Waals surface area contributed by atoms with E-state index in [9.17, 15) is 14.9 Å². The van der Waals surface area contributed by atoms with Gasteiger partial charge >= 0.3 is 11.5 Å². The Balaban J connectivity index is 2.01. The zero-order valence-corrected chi connectivity index (χ0v) is 12.1. The van der Waals surface area contributed by atoms with Gasteiger partial charge < -0.3 is 8.83 Å². The molecular formula is C14H8BrNO5. The van der Waals surface area contributed by atoms with Crippen molar-refractivity contribution < 1.29 is 13.8 Å². The minimum Gasteiger partial charge on any atom is -0.423 e. The minimum absolute atomic E-state index is 0.138. The average molecular weight is 350 g/mol. The molecule has 1 aromatic carbocycles. The van der Waals surface area contributed by atoms with E-state index >= 15 is 0 Å². The first-order valence-corrected chi connectivity index (χ1v) is 6.77. The van der Waals surface area contributed by atoms with Crippen molar-refractivity contribution in [2.24, 2.45) is 0 Å². The summed E-state index contributed by atoms with van der Waals surface area (Å²) < 4.78 is 11.1. The van der Waals surface area contributed by atoms with Crippen LogP contribution in [0, 0.1) is 10.1 Å². The van der Waals surface area contributed by atoms with Crippen molar-refractivity contribution in [1.29, 1.82) is 0 Å². The van der Waals surface area contributed by atoms with Crippen molar-refractivity contribution in [3.05, 3.63) is 72.7 Å². The molecule has 3 rings (SSSR count). The fourth-order valence-electron chi connectivity index (χ4n) is 2.01. The van der Waals surface area contributed by atoms with Crippen LogP contribution in [0.25, 0.3) is 11.0 Å². The van der Waals surface area contributed by atoms with E-state index in [1.165, 1.54) is 12.1 Å². The Morgan fingerprint density at radius 1 is 1.14 bits per heavy atom. The second kappa shape index (κ2) is 5.17. The van der Waals surface area contributed by atoms with Crippen molar-refractivity contribution in [2.75, 3.05) is 0 Å². The van der Waals surface area contributed by atoms with Crippen LogP contribution in [0.4, 0.5) is 5.88 Å². The lowest BCUT2D eigenvalue weighted by atomic mass is 10.1. The summed E-state index contributed by atoms with van der Waals surface area (Å²) in [5, 5.41) is 11.3. The molecule has 6 nitrogen and oxygen atoms in total. The van der Waals surface area contributed by atoms with Crippen molar-refractivity contribution in [3.63, 3.8) is 0 Å². The molecule has 0 atom stereocenters. The van der Waals surface area contributed by atoms with Crippen molar-refractivity contribution in [2.45, 2.75) is 6.42 Å². The van der Waals surface area contributed by atoms with Gasteiger partial charge in [0.2, 0.25) is 0 Å². The first-order chi connectivity index (χ1) is 10.0. The molecule has 0 aliphatic carbocycles. The zero-order chi connectivity index (χ0) is 15.0. The second-order valence-electron chi connectivity index (χ2n) is 4.42. The van der Waals surface area contributed by atoms with Gasteiger partial charge in [-0.15, -0.1) is 0 Å². The van der Waals surface area contributed by atoms with Gasteiger partial charge in [-0.3, -0.25) is 10.1 Å². The van der Waals surface area contributed by atoms with E-state index in [0.717, 1.165) is 9.86 Å². The van der Waals surface area contributed by atoms with Crippen LogP contribution in [0.1, 0.15) is 11.3 Å². The van der Waals surface area contributed by atoms with Gasteiger partial charge in [0, 0.05) is 21.8 Å². The molecular weight excluding hydrogens is 342 g/mol. The Labute approximate surface area is 126 Å². The third-order valence-electron chi connectivity index (χ3n) is 2.96. The van der Waals surface area contributed by atoms with Gasteiger partial charge in [-0.25, -0.2) is 4.79 Å². The normalized spacial score (nSPS) is 10.9. The Morgan fingerprint density at radius 2 is 1.95 bits per heavy atom. The molecule has 0 bridgehead atoms. The highest BCUT2D eigenvalue weighted by molar-refractivity contribution is 9.10. The number of halogens is 1. The van der Waals surface area contributed by atoms with Crippen LogP contribution in [0.2, 0.25) is 0 Å². The summed E-state index contributed by atoms with van der Waals surface area (Å²) in [4.78, 5) is 21.9. The Bertz CT molecular complexity index is 896. The van der Waals surface area contributed by atoms with Gasteiger partial charge in [0.15, 0.2) is 0 Å². The van der Waals surface area contributed by atoms with E-state index < -0.39 is 10.5 Å². The number of fused-ring (bicyclic) bond motifs is 1. The lowest BCUT2D eigenvalue weighted by molar-refractivity contribution is -0.402. The van der Waals surface area contributed by atoms with Crippen LogP contribution in [-0.4, -0.2) is 4.92 Å². The number of hydrogen-bond acceptors (Lipinski definition) is 5. The smallest absolute Gasteiger partial charge is 0.423 e. The summed E-state index contributed by atoms with van der Waals surface area (Å²) in [5.74, 6) is -0.0127. The Kier molecular flexibility index (Phi) is 3.34. The number of nitro groups is 1. The molecule has 0 aliphatic rings. The Hall–Kier alpha value is -2.41. The summed E-state index contributed by atoms with van der Waals surface area (Å²) in [6.45, 7) is 0. The van der Waals surface area contributed by atoms with Crippen molar-refractivity contribution >= 4 is 32.8 Å². The maximum absolute atomic E-state index is 11.9. The van der Waals surface area contributed by atoms with Gasteiger partial charge in [0.25, 0.3) is 0 Å². The molecule has 2 aromatic heterocycles. The maximum atomic E-state index is 11.9. The second-order valence-corrected chi connectivity index (χ2v) is 5.33. The lowest BCUT2D eigenvalue weighted by Gasteiger charge is -2.01. The largest absolute Gasteiger partial charge is 0.433 e. The molecule has 0 radical (unpaired) electrons. The van der Waals surface area contributed by atoms with Gasteiger partial charge in [0.05, 0.1) is 6.07 Å². The summed E-state index contributed by atoms with van der Waals surface area (Å²) in [7, 11) is 0. The van der Waals surface area contributed by atoms with Gasteiger partial charge in [-0.1, -0.05) is 15.9 Å². The number of hydrogen-bond donors (Lipinski definition) is 0. The molecule has 0 aliphatic heterocycles. The van der Waals surface area contributed by atoms with Crippen LogP contribution in [-0.2, 0) is 6.42 Å². The monoisotopic (exact) mass is 349 g/mol. The van der Waals surface area contributed by atoms with E-state index in [0.29, 0.717) is 16.9 Å². The summed E-state index contributed by atoms with van der Waals surface area (Å²) in [6.07, 6.45) is 0.138. The van der Waals surface area contributed by atoms with Gasteiger partial charge in [0.1, 0.15) is 16.3 Å². The van der Waals surface area contributed by atoms with E-state index in [1.807, 2.05) is 6.07 Å². The molecule has 106 valence electrons. The first-order valence-electron chi connectivity index (χ1n) is 5.98. The molecule has 0 spiro atoms. The summed E-state index contributed by atoms with van der Waals surface area (Å²) >= 11 is 3.35. The summed E-state index contributed by atoms with van der Waals surface area (Å²) in [5.41, 5.74) is 0.381. The fourth-order valence-corrected chi connectivity index (χ4v) is 2.39. The SMILES string of the molecule is O=c1oc2ccc(Br)cc2cc1Cc1ccc([N+](=O)[O-])o1. The molecule has 0 fully saturated rings. The van der Waals surface area contributed by atoms with Crippen LogP contribution in [0.15, 0.2) is 54.5 Å². The van der Waals surface area contributed by atoms with Gasteiger partial charge in [-0.05, 0) is 30.3 Å². The lowest BCUT2D eigenvalue weighted by Crippen LogP contribution is -2.07. The third-order valence-corrected chi connectivity index (χ3v) is 3.45. The molecule has 2 heterocycles. The highest BCUT2D eigenvalue weighted by Crippen LogP contribution is 2.22. The van der Waals surface area contributed by atoms with E-state index in [4.69, 9.17) is 8.83 Å². The van der Waals surface area contributed by atoms with Crippen molar-refractivity contribution in [1.82, 2.24) is 0 Å². The average Bonchev–Trinajstić information content (AvgIpc) is 2.89. The van der Waals surface area contributed by atoms with Crippen LogP contribution in [0.3, 0.4) is 0 Å². The van der Waals surface area contributed by atoms with Crippen LogP contribution in [0.5, 0.6) is 0 Å². The number of furan rings is 1. The van der Waals surface area contributed by atoms with Crippen molar-refractivity contribution in [3.8, 4) is 0 Å². The minimum atomic E-state index is -0.622. The molecule has 0 saturated heterocycles. The molecule has 0 amide bonds. The fraction of sp³-hybridized carbons (Fsp3) is 0.0714. The quantitative estimate of drug-likeness (QED) is 0.409. The molecule has 3 aromatic rings. The molecule has 0 saturated carbocycles. The Morgan fingerprint density at radius 3 is 2.67 bits per heavy atom. The first kappa shape index (κ1) is 13.6. The predicted octanol–water partition coefficient (Wildman–Crippen LogP) is 3.65. The zero-order valence-electron chi connectivity index (χ0n) is 10.5. The van der Waals surface area contributed by atoms with Crippen LogP contribution < -0.4 is 5.63 Å². The topological polar surface area (TPSA) is 86.5 Å². The third kappa shape index (κ3) is 2.73. The number of benzene rings is 1. The van der Waals surface area contributed by atoms with Crippen LogP contribution >= 0.6 is 15.9 Å². The number of nitrogens with zero attached hydrogens (tertiary/aromatic N) is 1. The highest BCUT2D eigenvalue weighted by atomic mass is 79.9. The standard InChI is InChI=1S/C14H8BrNO5/c15-10-1-3-12-8(6-10)5-9(14(17)21-12)7-11-2-4-13(20-11)16(18)19/h1-6H,7H2. The van der Waals surface area contributed by atoms with E-state index in [2.05, 4.69) is 15.9 Å². The maximum Gasteiger partial charge on any atom is 0.433 e. The molecule has 21 heavy (non-hydrogen) atoms. The van der Waals surface area contributed by atoms with E-state index in [-0.39, 0.29) is 12.3 Å². The van der Waals surface area contributed by atoms with Gasteiger partial charge in [-0.2, -0.15) is 0 Å².